The topological polar surface area (TPSA) is 46.9 Å². The van der Waals surface area contributed by atoms with Gasteiger partial charge >= 0.3 is 0 Å². The molecule has 0 saturated heterocycles. The molecule has 1 N–H and O–H groups in total. The van der Waals surface area contributed by atoms with Crippen molar-refractivity contribution in [2.75, 3.05) is 5.32 Å². The lowest BCUT2D eigenvalue weighted by Gasteiger charge is -2.08. The molecule has 0 fully saturated rings. The van der Waals surface area contributed by atoms with Gasteiger partial charge in [-0.2, -0.15) is 0 Å². The molecule has 0 bridgehead atoms. The van der Waals surface area contributed by atoms with E-state index in [1.54, 1.807) is 41.5 Å². The molecule has 2 aromatic rings. The fourth-order valence-corrected chi connectivity index (χ4v) is 1.68. The van der Waals surface area contributed by atoms with E-state index >= 15 is 0 Å². The summed E-state index contributed by atoms with van der Waals surface area (Å²) < 4.78 is 1.66. The van der Waals surface area contributed by atoms with Crippen molar-refractivity contribution in [3.8, 4) is 0 Å². The number of nitrogens with zero attached hydrogens (tertiary/aromatic N) is 2. The summed E-state index contributed by atoms with van der Waals surface area (Å²) in [7, 11) is 0. The number of carbonyl (C=O) groups is 1. The van der Waals surface area contributed by atoms with Crippen LogP contribution in [0.3, 0.4) is 0 Å². The number of nitrogens with one attached hydrogen (secondary N) is 1. The number of hydrogen-bond acceptors (Lipinski definition) is 2. The molecule has 0 aliphatic carbocycles. The van der Waals surface area contributed by atoms with Crippen LogP contribution in [-0.2, 0) is 11.3 Å². The van der Waals surface area contributed by atoms with Gasteiger partial charge < -0.3 is 9.88 Å². The summed E-state index contributed by atoms with van der Waals surface area (Å²) in [5.74, 6) is -0.188. The van der Waals surface area contributed by atoms with Crippen molar-refractivity contribution in [1.29, 1.82) is 0 Å². The standard InChI is InChI=1S/C11H9Cl2N3O/c12-8-2-1-3-9(11(8)13)15-10(17)6-16-5-4-14-7-16/h1-5,7H,6H2,(H,15,17). The molecule has 0 saturated carbocycles. The molecule has 1 heterocycles. The van der Waals surface area contributed by atoms with Crippen LogP contribution in [0.4, 0.5) is 5.69 Å². The van der Waals surface area contributed by atoms with Crippen LogP contribution in [0.2, 0.25) is 10.0 Å². The third-order valence-electron chi connectivity index (χ3n) is 2.11. The van der Waals surface area contributed by atoms with E-state index in [1.807, 2.05) is 0 Å². The normalized spacial score (nSPS) is 10.2. The number of imidazole rings is 1. The highest BCUT2D eigenvalue weighted by Gasteiger charge is 2.08. The Kier molecular flexibility index (Phi) is 3.66. The first-order valence-corrected chi connectivity index (χ1v) is 5.62. The highest BCUT2D eigenvalue weighted by atomic mass is 35.5. The Balaban J connectivity index is 2.06. The fraction of sp³-hybridized carbons (Fsp3) is 0.0909. The monoisotopic (exact) mass is 269 g/mol. The van der Waals surface area contributed by atoms with Crippen LogP contribution in [0.15, 0.2) is 36.9 Å². The van der Waals surface area contributed by atoms with Crippen LogP contribution < -0.4 is 5.32 Å². The number of aromatic nitrogens is 2. The number of halogens is 2. The summed E-state index contributed by atoms with van der Waals surface area (Å²) in [6.07, 6.45) is 4.89. The van der Waals surface area contributed by atoms with Crippen LogP contribution in [0.5, 0.6) is 0 Å². The average molecular weight is 270 g/mol. The van der Waals surface area contributed by atoms with E-state index in [2.05, 4.69) is 10.3 Å². The number of rotatable bonds is 3. The van der Waals surface area contributed by atoms with Crippen LogP contribution in [-0.4, -0.2) is 15.5 Å². The van der Waals surface area contributed by atoms with E-state index in [0.717, 1.165) is 0 Å². The van der Waals surface area contributed by atoms with Gasteiger partial charge in [-0.15, -0.1) is 0 Å². The SMILES string of the molecule is O=C(Cn1ccnc1)Nc1cccc(Cl)c1Cl. The molecular weight excluding hydrogens is 261 g/mol. The summed E-state index contributed by atoms with van der Waals surface area (Å²) in [5.41, 5.74) is 0.504. The maximum absolute atomic E-state index is 11.7. The molecule has 0 atom stereocenters. The number of carbonyl (C=O) groups excluding carboxylic acids is 1. The van der Waals surface area contributed by atoms with Gasteiger partial charge in [0.05, 0.1) is 22.1 Å². The van der Waals surface area contributed by atoms with Gasteiger partial charge in [0.15, 0.2) is 0 Å². The van der Waals surface area contributed by atoms with Crippen LogP contribution in [0, 0.1) is 0 Å². The molecule has 0 radical (unpaired) electrons. The Bertz CT molecular complexity index is 526. The van der Waals surface area contributed by atoms with Crippen LogP contribution >= 0.6 is 23.2 Å². The van der Waals surface area contributed by atoms with Gasteiger partial charge in [-0.25, -0.2) is 4.98 Å². The zero-order valence-corrected chi connectivity index (χ0v) is 10.2. The minimum absolute atomic E-state index is 0.183. The van der Waals surface area contributed by atoms with E-state index in [-0.39, 0.29) is 12.5 Å². The second kappa shape index (κ2) is 5.21. The molecule has 1 aromatic heterocycles. The molecule has 2 rings (SSSR count). The predicted octanol–water partition coefficient (Wildman–Crippen LogP) is 2.83. The second-order valence-corrected chi connectivity index (χ2v) is 4.17. The van der Waals surface area contributed by atoms with E-state index in [0.29, 0.717) is 15.7 Å². The smallest absolute Gasteiger partial charge is 0.244 e. The highest BCUT2D eigenvalue weighted by Crippen LogP contribution is 2.29. The summed E-state index contributed by atoms with van der Waals surface area (Å²) in [4.78, 5) is 15.5. The molecule has 1 aromatic carbocycles. The highest BCUT2D eigenvalue weighted by molar-refractivity contribution is 6.43. The van der Waals surface area contributed by atoms with Crippen molar-refractivity contribution in [2.24, 2.45) is 0 Å². The number of anilines is 1. The molecule has 88 valence electrons. The van der Waals surface area contributed by atoms with Gasteiger partial charge in [0, 0.05) is 12.4 Å². The maximum atomic E-state index is 11.7. The number of hydrogen-bond donors (Lipinski definition) is 1. The summed E-state index contributed by atoms with van der Waals surface area (Å²) >= 11 is 11.8. The average Bonchev–Trinajstić information content (AvgIpc) is 2.77. The zero-order chi connectivity index (χ0) is 12.3. The van der Waals surface area contributed by atoms with Crippen molar-refractivity contribution in [1.82, 2.24) is 9.55 Å². The van der Waals surface area contributed by atoms with Gasteiger partial charge in [0.25, 0.3) is 0 Å². The van der Waals surface area contributed by atoms with Crippen molar-refractivity contribution >= 4 is 34.8 Å². The molecule has 0 spiro atoms. The van der Waals surface area contributed by atoms with Crippen LogP contribution in [0.25, 0.3) is 0 Å². The molecule has 17 heavy (non-hydrogen) atoms. The van der Waals surface area contributed by atoms with Crippen molar-refractivity contribution in [2.45, 2.75) is 6.54 Å². The first kappa shape index (κ1) is 12.0. The Morgan fingerprint density at radius 1 is 1.41 bits per heavy atom. The molecule has 0 aliphatic heterocycles. The number of benzene rings is 1. The molecule has 4 nitrogen and oxygen atoms in total. The van der Waals surface area contributed by atoms with Crippen LogP contribution in [0.1, 0.15) is 0 Å². The van der Waals surface area contributed by atoms with Gasteiger partial charge in [-0.3, -0.25) is 4.79 Å². The van der Waals surface area contributed by atoms with Crippen molar-refractivity contribution in [3.63, 3.8) is 0 Å². The lowest BCUT2D eigenvalue weighted by molar-refractivity contribution is -0.116. The third kappa shape index (κ3) is 2.99. The zero-order valence-electron chi connectivity index (χ0n) is 8.73. The van der Waals surface area contributed by atoms with E-state index in [4.69, 9.17) is 23.2 Å². The van der Waals surface area contributed by atoms with Crippen molar-refractivity contribution < 1.29 is 4.79 Å². The Labute approximate surface area is 108 Å². The maximum Gasteiger partial charge on any atom is 0.244 e. The van der Waals surface area contributed by atoms with Gasteiger partial charge in [-0.1, -0.05) is 29.3 Å². The Hall–Kier alpha value is -1.52. The first-order valence-electron chi connectivity index (χ1n) is 4.86. The van der Waals surface area contributed by atoms with E-state index < -0.39 is 0 Å². The minimum Gasteiger partial charge on any atom is -0.328 e. The molecular formula is C11H9Cl2N3O. The summed E-state index contributed by atoms with van der Waals surface area (Å²) in [6, 6.07) is 5.08. The van der Waals surface area contributed by atoms with Gasteiger partial charge in [-0.05, 0) is 12.1 Å². The fourth-order valence-electron chi connectivity index (χ4n) is 1.34. The molecule has 0 aliphatic rings. The van der Waals surface area contributed by atoms with Gasteiger partial charge in [0.2, 0.25) is 5.91 Å². The summed E-state index contributed by atoms with van der Waals surface area (Å²) in [5, 5.41) is 3.44. The lowest BCUT2D eigenvalue weighted by Crippen LogP contribution is -2.18. The van der Waals surface area contributed by atoms with E-state index in [1.165, 1.54) is 0 Å². The second-order valence-electron chi connectivity index (χ2n) is 3.38. The molecule has 0 unspecified atom stereocenters. The molecule has 6 heteroatoms. The Morgan fingerprint density at radius 3 is 2.94 bits per heavy atom. The number of amides is 1. The van der Waals surface area contributed by atoms with E-state index in [9.17, 15) is 4.79 Å². The Morgan fingerprint density at radius 2 is 2.24 bits per heavy atom. The minimum atomic E-state index is -0.188. The van der Waals surface area contributed by atoms with Crippen molar-refractivity contribution in [3.05, 3.63) is 47.0 Å². The predicted molar refractivity (Wildman–Crippen MR) is 67.3 cm³/mol. The lowest BCUT2D eigenvalue weighted by atomic mass is 10.3. The third-order valence-corrected chi connectivity index (χ3v) is 2.93. The first-order chi connectivity index (χ1) is 8.16. The molecule has 1 amide bonds. The van der Waals surface area contributed by atoms with Gasteiger partial charge in [0.1, 0.15) is 6.54 Å². The summed E-state index contributed by atoms with van der Waals surface area (Å²) in [6.45, 7) is 0.183. The largest absolute Gasteiger partial charge is 0.328 e. The quantitative estimate of drug-likeness (QED) is 0.932.